The van der Waals surface area contributed by atoms with Crippen molar-refractivity contribution in [3.63, 3.8) is 0 Å². The average Bonchev–Trinajstić information content (AvgIpc) is 3.02. The zero-order valence-corrected chi connectivity index (χ0v) is 17.4. The third-order valence-electron chi connectivity index (χ3n) is 4.85. The molecule has 7 heteroatoms. The van der Waals surface area contributed by atoms with Crippen molar-refractivity contribution in [1.82, 2.24) is 4.98 Å². The Labute approximate surface area is 172 Å². The number of nitrogens with zero attached hydrogens (tertiary/aromatic N) is 1. The number of pyridine rings is 1. The number of nitrogens with one attached hydrogen (secondary N) is 1. The van der Waals surface area contributed by atoms with Crippen LogP contribution < -0.4 is 20.5 Å². The van der Waals surface area contributed by atoms with E-state index in [1.165, 1.54) is 11.3 Å². The Morgan fingerprint density at radius 2 is 1.86 bits per heavy atom. The van der Waals surface area contributed by atoms with E-state index in [-0.39, 0.29) is 5.91 Å². The van der Waals surface area contributed by atoms with E-state index in [1.807, 2.05) is 26.0 Å². The van der Waals surface area contributed by atoms with Crippen LogP contribution in [0.15, 0.2) is 36.4 Å². The minimum atomic E-state index is -0.311. The zero-order valence-electron chi connectivity index (χ0n) is 16.6. The molecule has 0 aliphatic heterocycles. The van der Waals surface area contributed by atoms with E-state index >= 15 is 0 Å². The highest BCUT2D eigenvalue weighted by Crippen LogP contribution is 2.37. The fourth-order valence-electron chi connectivity index (χ4n) is 3.42. The van der Waals surface area contributed by atoms with Crippen LogP contribution in [-0.2, 0) is 0 Å². The van der Waals surface area contributed by atoms with E-state index in [2.05, 4.69) is 11.4 Å². The number of aromatic nitrogens is 1. The summed E-state index contributed by atoms with van der Waals surface area (Å²) in [5, 5.41) is 4.70. The topological polar surface area (TPSA) is 86.5 Å². The van der Waals surface area contributed by atoms with Gasteiger partial charge in [-0.3, -0.25) is 4.79 Å². The Hall–Kier alpha value is -3.32. The molecular weight excluding hydrogens is 386 g/mol. The Morgan fingerprint density at radius 3 is 2.59 bits per heavy atom. The number of thiophene rings is 1. The minimum absolute atomic E-state index is 0.311. The number of aryl methyl sites for hydroxylation is 2. The second-order valence-electron chi connectivity index (χ2n) is 6.85. The molecule has 0 saturated heterocycles. The Balaban J connectivity index is 1.78. The molecule has 3 N–H and O–H groups in total. The molecule has 4 aromatic rings. The first kappa shape index (κ1) is 19.0. The van der Waals surface area contributed by atoms with E-state index in [1.54, 1.807) is 32.4 Å². The normalized spacial score (nSPS) is 11.0. The summed E-state index contributed by atoms with van der Waals surface area (Å²) in [5.74, 6) is 0.840. The van der Waals surface area contributed by atoms with E-state index < -0.39 is 0 Å². The number of benzene rings is 2. The van der Waals surface area contributed by atoms with Crippen molar-refractivity contribution < 1.29 is 14.3 Å². The number of hydrogen-bond donors (Lipinski definition) is 2. The first-order chi connectivity index (χ1) is 13.9. The summed E-state index contributed by atoms with van der Waals surface area (Å²) >= 11 is 1.28. The van der Waals surface area contributed by atoms with Gasteiger partial charge >= 0.3 is 0 Å². The van der Waals surface area contributed by atoms with Crippen LogP contribution in [0.25, 0.3) is 21.1 Å². The summed E-state index contributed by atoms with van der Waals surface area (Å²) < 4.78 is 10.6. The van der Waals surface area contributed by atoms with E-state index in [0.29, 0.717) is 27.8 Å². The maximum absolute atomic E-state index is 13.0. The zero-order chi connectivity index (χ0) is 20.7. The lowest BCUT2D eigenvalue weighted by molar-refractivity contribution is 0.103. The minimum Gasteiger partial charge on any atom is -0.497 e. The maximum Gasteiger partial charge on any atom is 0.268 e. The number of carbonyl (C=O) groups excluding carboxylic acids is 1. The van der Waals surface area contributed by atoms with E-state index in [4.69, 9.17) is 20.2 Å². The van der Waals surface area contributed by atoms with Crippen LogP contribution in [0.3, 0.4) is 0 Å². The molecule has 6 nitrogen and oxygen atoms in total. The third kappa shape index (κ3) is 3.34. The number of nitrogen functional groups attached to an aromatic ring is 1. The van der Waals surface area contributed by atoms with Gasteiger partial charge in [0.15, 0.2) is 0 Å². The fraction of sp³-hybridized carbons (Fsp3) is 0.182. The Bertz CT molecular complexity index is 1260. The molecule has 2 aromatic heterocycles. The molecule has 0 spiro atoms. The lowest BCUT2D eigenvalue weighted by Crippen LogP contribution is -2.12. The molecule has 0 unspecified atom stereocenters. The third-order valence-corrected chi connectivity index (χ3v) is 5.96. The van der Waals surface area contributed by atoms with Crippen LogP contribution in [0, 0.1) is 13.8 Å². The van der Waals surface area contributed by atoms with Crippen LogP contribution in [0.4, 0.5) is 11.4 Å². The van der Waals surface area contributed by atoms with Gasteiger partial charge < -0.3 is 20.5 Å². The van der Waals surface area contributed by atoms with Crippen LogP contribution in [0.1, 0.15) is 20.8 Å². The molecule has 0 fully saturated rings. The van der Waals surface area contributed by atoms with Gasteiger partial charge in [0.1, 0.15) is 21.2 Å². The summed E-state index contributed by atoms with van der Waals surface area (Å²) in [4.78, 5) is 18.9. The molecule has 0 saturated carbocycles. The first-order valence-electron chi connectivity index (χ1n) is 9.04. The standard InChI is InChI=1S/C22H21N3O3S/c1-11-7-12(2)14-10-15-19(23)20(29-22(15)25-16(14)8-11)21(26)24-17-9-13(27-3)5-6-18(17)28-4/h5-10H,23H2,1-4H3,(H,24,26). The van der Waals surface area contributed by atoms with Crippen molar-refractivity contribution in [3.8, 4) is 11.5 Å². The van der Waals surface area contributed by atoms with Crippen molar-refractivity contribution in [2.24, 2.45) is 0 Å². The molecule has 2 heterocycles. The summed E-state index contributed by atoms with van der Waals surface area (Å²) in [6.07, 6.45) is 0. The summed E-state index contributed by atoms with van der Waals surface area (Å²) in [6, 6.07) is 11.4. The molecule has 0 atom stereocenters. The smallest absolute Gasteiger partial charge is 0.268 e. The Kier molecular flexibility index (Phi) is 4.76. The molecule has 2 aromatic carbocycles. The number of methoxy groups -OCH3 is 2. The molecular formula is C22H21N3O3S. The number of amides is 1. The number of fused-ring (bicyclic) bond motifs is 2. The van der Waals surface area contributed by atoms with Crippen LogP contribution in [-0.4, -0.2) is 25.1 Å². The maximum atomic E-state index is 13.0. The quantitative estimate of drug-likeness (QED) is 0.501. The largest absolute Gasteiger partial charge is 0.497 e. The molecule has 1 amide bonds. The molecule has 0 bridgehead atoms. The number of ether oxygens (including phenoxy) is 2. The second-order valence-corrected chi connectivity index (χ2v) is 7.85. The molecule has 0 aliphatic rings. The van der Waals surface area contributed by atoms with Crippen molar-refractivity contribution in [3.05, 3.63) is 52.4 Å². The van der Waals surface area contributed by atoms with Gasteiger partial charge in [0, 0.05) is 16.8 Å². The average molecular weight is 407 g/mol. The van der Waals surface area contributed by atoms with Gasteiger partial charge in [-0.25, -0.2) is 4.98 Å². The summed E-state index contributed by atoms with van der Waals surface area (Å²) in [6.45, 7) is 4.09. The summed E-state index contributed by atoms with van der Waals surface area (Å²) in [7, 11) is 3.11. The summed E-state index contributed by atoms with van der Waals surface area (Å²) in [5.41, 5.74) is 10.5. The lowest BCUT2D eigenvalue weighted by atomic mass is 10.1. The highest BCUT2D eigenvalue weighted by Gasteiger charge is 2.20. The SMILES string of the molecule is COc1ccc(OC)c(NC(=O)c2sc3nc4cc(C)cc(C)c4cc3c2N)c1. The van der Waals surface area contributed by atoms with E-state index in [0.717, 1.165) is 32.2 Å². The predicted molar refractivity (Wildman–Crippen MR) is 119 cm³/mol. The van der Waals surface area contributed by atoms with Gasteiger partial charge in [-0.15, -0.1) is 11.3 Å². The molecule has 4 rings (SSSR count). The number of nitrogens with two attached hydrogens (primary N) is 1. The van der Waals surface area contributed by atoms with Gasteiger partial charge in [0.05, 0.1) is 31.1 Å². The molecule has 0 aliphatic carbocycles. The van der Waals surface area contributed by atoms with Crippen molar-refractivity contribution >= 4 is 49.7 Å². The second kappa shape index (κ2) is 7.25. The lowest BCUT2D eigenvalue weighted by Gasteiger charge is -2.11. The van der Waals surface area contributed by atoms with Crippen molar-refractivity contribution in [2.45, 2.75) is 13.8 Å². The Morgan fingerprint density at radius 1 is 1.07 bits per heavy atom. The van der Waals surface area contributed by atoms with Crippen molar-refractivity contribution in [1.29, 1.82) is 0 Å². The van der Waals surface area contributed by atoms with Crippen LogP contribution in [0.2, 0.25) is 0 Å². The van der Waals surface area contributed by atoms with Gasteiger partial charge in [0.25, 0.3) is 5.91 Å². The highest BCUT2D eigenvalue weighted by atomic mass is 32.1. The van der Waals surface area contributed by atoms with Gasteiger partial charge in [-0.05, 0) is 49.2 Å². The number of rotatable bonds is 4. The molecule has 0 radical (unpaired) electrons. The van der Waals surface area contributed by atoms with Crippen molar-refractivity contribution in [2.75, 3.05) is 25.3 Å². The molecule has 29 heavy (non-hydrogen) atoms. The van der Waals surface area contributed by atoms with Gasteiger partial charge in [0.2, 0.25) is 0 Å². The number of anilines is 2. The first-order valence-corrected chi connectivity index (χ1v) is 9.86. The monoisotopic (exact) mass is 407 g/mol. The fourth-order valence-corrected chi connectivity index (χ4v) is 4.40. The number of hydrogen-bond acceptors (Lipinski definition) is 6. The van der Waals surface area contributed by atoms with E-state index in [9.17, 15) is 4.79 Å². The van der Waals surface area contributed by atoms with Gasteiger partial charge in [-0.2, -0.15) is 0 Å². The molecule has 148 valence electrons. The number of carbonyl (C=O) groups is 1. The predicted octanol–water partition coefficient (Wildman–Crippen LogP) is 4.92. The van der Waals surface area contributed by atoms with Crippen LogP contribution in [0.5, 0.6) is 11.5 Å². The highest BCUT2D eigenvalue weighted by molar-refractivity contribution is 7.21. The van der Waals surface area contributed by atoms with Gasteiger partial charge in [-0.1, -0.05) is 6.07 Å². The van der Waals surface area contributed by atoms with Crippen LogP contribution >= 0.6 is 11.3 Å².